The number of benzene rings is 1. The van der Waals surface area contributed by atoms with E-state index in [1.807, 2.05) is 18.2 Å². The van der Waals surface area contributed by atoms with Gasteiger partial charge in [0.1, 0.15) is 24.6 Å². The van der Waals surface area contributed by atoms with Gasteiger partial charge in [0, 0.05) is 47.0 Å². The summed E-state index contributed by atoms with van der Waals surface area (Å²) in [7, 11) is 0. The van der Waals surface area contributed by atoms with E-state index in [1.54, 1.807) is 35.3 Å². The third-order valence-corrected chi connectivity index (χ3v) is 6.37. The maximum atomic E-state index is 14.4. The number of pyridine rings is 2. The van der Waals surface area contributed by atoms with Crippen LogP contribution in [0.25, 0.3) is 10.9 Å². The van der Waals surface area contributed by atoms with E-state index in [9.17, 15) is 23.9 Å². The summed E-state index contributed by atoms with van der Waals surface area (Å²) in [5, 5.41) is 16.0. The molecule has 2 atom stereocenters. The highest BCUT2D eigenvalue weighted by molar-refractivity contribution is 6.08. The fourth-order valence-electron chi connectivity index (χ4n) is 4.64. The van der Waals surface area contributed by atoms with Crippen molar-refractivity contribution < 1.29 is 23.9 Å². The van der Waals surface area contributed by atoms with Gasteiger partial charge in [0.2, 0.25) is 17.7 Å². The quantitative estimate of drug-likeness (QED) is 0.320. The SMILES string of the molecule is CC(=O)c1cn(CC(=O)N2C[C@H](F)C[C@H]2C(=O)Nc2cccc(O)n2)c2ccc(Nc3cccnc3)cc12. The molecule has 0 unspecified atom stereocenters. The minimum atomic E-state index is -1.36. The molecule has 1 aliphatic rings. The largest absolute Gasteiger partial charge is 0.493 e. The minimum Gasteiger partial charge on any atom is -0.493 e. The Bertz CT molecular complexity index is 1520. The average Bonchev–Trinajstić information content (AvgIpc) is 3.45. The number of aromatic hydroxyl groups is 1. The van der Waals surface area contributed by atoms with Gasteiger partial charge in [-0.3, -0.25) is 19.4 Å². The second-order valence-corrected chi connectivity index (χ2v) is 9.09. The van der Waals surface area contributed by atoms with E-state index in [4.69, 9.17) is 0 Å². The van der Waals surface area contributed by atoms with Crippen LogP contribution in [0.1, 0.15) is 23.7 Å². The Hall–Kier alpha value is -4.80. The lowest BCUT2D eigenvalue weighted by atomic mass is 10.1. The molecular weight excluding hydrogens is 491 g/mol. The van der Waals surface area contributed by atoms with E-state index >= 15 is 0 Å². The molecule has 1 saturated heterocycles. The Kier molecular flexibility index (Phi) is 6.73. The van der Waals surface area contributed by atoms with Gasteiger partial charge in [0.25, 0.3) is 0 Å². The zero-order valence-corrected chi connectivity index (χ0v) is 20.5. The lowest BCUT2D eigenvalue weighted by Gasteiger charge is -2.24. The fraction of sp³-hybridized carbons (Fsp3) is 0.222. The predicted octanol–water partition coefficient (Wildman–Crippen LogP) is 3.66. The number of carbonyl (C=O) groups is 3. The van der Waals surface area contributed by atoms with Crippen molar-refractivity contribution in [3.8, 4) is 5.88 Å². The molecule has 1 fully saturated rings. The molecule has 2 amide bonds. The van der Waals surface area contributed by atoms with Crippen molar-refractivity contribution in [2.24, 2.45) is 0 Å². The van der Waals surface area contributed by atoms with E-state index < -0.39 is 24.0 Å². The molecule has 4 aromatic rings. The third-order valence-electron chi connectivity index (χ3n) is 6.37. The van der Waals surface area contributed by atoms with Crippen LogP contribution in [0, 0.1) is 0 Å². The molecule has 11 heteroatoms. The molecular formula is C27H25FN6O4. The second-order valence-electron chi connectivity index (χ2n) is 9.09. The van der Waals surface area contributed by atoms with Gasteiger partial charge in [-0.05, 0) is 43.3 Å². The van der Waals surface area contributed by atoms with Gasteiger partial charge < -0.3 is 25.2 Å². The number of anilines is 3. The van der Waals surface area contributed by atoms with E-state index in [0.717, 1.165) is 11.4 Å². The van der Waals surface area contributed by atoms with E-state index in [1.165, 1.54) is 30.0 Å². The first kappa shape index (κ1) is 24.9. The first-order valence-corrected chi connectivity index (χ1v) is 12.0. The van der Waals surface area contributed by atoms with Crippen molar-refractivity contribution in [2.45, 2.75) is 32.1 Å². The molecule has 1 aliphatic heterocycles. The molecule has 3 aromatic heterocycles. The Morgan fingerprint density at radius 1 is 1.13 bits per heavy atom. The minimum absolute atomic E-state index is 0.0999. The highest BCUT2D eigenvalue weighted by Gasteiger charge is 2.40. The topological polar surface area (TPSA) is 129 Å². The maximum absolute atomic E-state index is 14.4. The number of Topliss-reactive ketones (excluding diaryl/α,β-unsaturated/α-hetero) is 1. The standard InChI is InChI=1S/C27H25FN6O4/c1-16(35)21-14-33(22-8-7-18(11-20(21)22)30-19-4-3-9-29-12-19)15-26(37)34-13-17(28)10-23(34)27(38)32-24-5-2-6-25(36)31-24/h2-9,11-12,14,17,23,30H,10,13,15H2,1H3,(H2,31,32,36,38)/t17-,23+/m1/s1. The second kappa shape index (κ2) is 10.3. The number of ketones is 1. The van der Waals surface area contributed by atoms with E-state index in [2.05, 4.69) is 20.6 Å². The number of hydrogen-bond donors (Lipinski definition) is 3. The van der Waals surface area contributed by atoms with Crippen LogP contribution < -0.4 is 10.6 Å². The molecule has 4 heterocycles. The smallest absolute Gasteiger partial charge is 0.248 e. The van der Waals surface area contributed by atoms with Gasteiger partial charge in [-0.2, -0.15) is 4.98 Å². The van der Waals surface area contributed by atoms with Crippen molar-refractivity contribution in [3.63, 3.8) is 0 Å². The van der Waals surface area contributed by atoms with Gasteiger partial charge in [-0.1, -0.05) is 6.07 Å². The van der Waals surface area contributed by atoms with Crippen LogP contribution in [0.2, 0.25) is 0 Å². The number of aromatic nitrogens is 3. The van der Waals surface area contributed by atoms with Crippen molar-refractivity contribution >= 4 is 45.7 Å². The molecule has 0 saturated carbocycles. The number of halogens is 1. The molecule has 194 valence electrons. The van der Waals surface area contributed by atoms with Gasteiger partial charge in [-0.25, -0.2) is 4.39 Å². The molecule has 3 N–H and O–H groups in total. The van der Waals surface area contributed by atoms with Crippen molar-refractivity contribution in [1.82, 2.24) is 19.4 Å². The van der Waals surface area contributed by atoms with Gasteiger partial charge in [0.05, 0.1) is 18.4 Å². The molecule has 0 bridgehead atoms. The van der Waals surface area contributed by atoms with Crippen LogP contribution in [-0.2, 0) is 16.1 Å². The summed E-state index contributed by atoms with van der Waals surface area (Å²) < 4.78 is 16.0. The number of nitrogens with zero attached hydrogens (tertiary/aromatic N) is 4. The first-order chi connectivity index (χ1) is 18.3. The molecule has 38 heavy (non-hydrogen) atoms. The van der Waals surface area contributed by atoms with Crippen molar-refractivity contribution in [3.05, 3.63) is 72.7 Å². The van der Waals surface area contributed by atoms with E-state index in [0.29, 0.717) is 16.5 Å². The first-order valence-electron chi connectivity index (χ1n) is 12.0. The van der Waals surface area contributed by atoms with Crippen LogP contribution in [0.4, 0.5) is 21.6 Å². The Balaban J connectivity index is 1.38. The maximum Gasteiger partial charge on any atom is 0.248 e. The molecule has 5 rings (SSSR count). The zero-order valence-electron chi connectivity index (χ0n) is 20.5. The average molecular weight is 517 g/mol. The highest BCUT2D eigenvalue weighted by atomic mass is 19.1. The normalized spacial score (nSPS) is 16.9. The lowest BCUT2D eigenvalue weighted by molar-refractivity contribution is -0.137. The monoisotopic (exact) mass is 516 g/mol. The number of rotatable bonds is 7. The van der Waals surface area contributed by atoms with E-state index in [-0.39, 0.29) is 37.0 Å². The van der Waals surface area contributed by atoms with Crippen LogP contribution in [0.3, 0.4) is 0 Å². The number of fused-ring (bicyclic) bond motifs is 1. The predicted molar refractivity (Wildman–Crippen MR) is 139 cm³/mol. The fourth-order valence-corrected chi connectivity index (χ4v) is 4.64. The number of likely N-dealkylation sites (tertiary alicyclic amines) is 1. The number of alkyl halides is 1. The molecule has 0 aliphatic carbocycles. The molecule has 1 aromatic carbocycles. The summed E-state index contributed by atoms with van der Waals surface area (Å²) in [4.78, 5) is 47.7. The summed E-state index contributed by atoms with van der Waals surface area (Å²) in [6, 6.07) is 12.4. The number of carbonyl (C=O) groups excluding carboxylic acids is 3. The Labute approximate surface area is 217 Å². The summed E-state index contributed by atoms with van der Waals surface area (Å²) in [6.07, 6.45) is 3.44. The van der Waals surface area contributed by atoms with Gasteiger partial charge in [0.15, 0.2) is 5.78 Å². The Morgan fingerprint density at radius 3 is 2.71 bits per heavy atom. The number of nitrogens with one attached hydrogen (secondary N) is 2. The summed E-state index contributed by atoms with van der Waals surface area (Å²) in [5.41, 5.74) is 2.62. The third kappa shape index (κ3) is 5.17. The summed E-state index contributed by atoms with van der Waals surface area (Å²) >= 11 is 0. The molecule has 0 radical (unpaired) electrons. The van der Waals surface area contributed by atoms with Crippen LogP contribution in [0.15, 0.2) is 67.1 Å². The highest BCUT2D eigenvalue weighted by Crippen LogP contribution is 2.28. The van der Waals surface area contributed by atoms with Crippen molar-refractivity contribution in [1.29, 1.82) is 0 Å². The lowest BCUT2D eigenvalue weighted by Crippen LogP contribution is -2.44. The number of hydrogen-bond acceptors (Lipinski definition) is 7. The van der Waals surface area contributed by atoms with Crippen molar-refractivity contribution in [2.75, 3.05) is 17.2 Å². The summed E-state index contributed by atoms with van der Waals surface area (Å²) in [6.45, 7) is 1.05. The molecule has 10 nitrogen and oxygen atoms in total. The van der Waals surface area contributed by atoms with Gasteiger partial charge in [-0.15, -0.1) is 0 Å². The van der Waals surface area contributed by atoms with Gasteiger partial charge >= 0.3 is 0 Å². The van der Waals surface area contributed by atoms with Crippen LogP contribution in [0.5, 0.6) is 5.88 Å². The van der Waals surface area contributed by atoms with Crippen LogP contribution >= 0.6 is 0 Å². The molecule has 0 spiro atoms. The zero-order chi connectivity index (χ0) is 26.8. The number of amides is 2. The Morgan fingerprint density at radius 2 is 1.97 bits per heavy atom. The van der Waals surface area contributed by atoms with Crippen LogP contribution in [-0.4, -0.2) is 60.9 Å². The summed E-state index contributed by atoms with van der Waals surface area (Å²) in [5.74, 6) is -1.39.